The minimum atomic E-state index is -1.08. The van der Waals surface area contributed by atoms with Crippen LogP contribution in [-0.4, -0.2) is 6.61 Å². The maximum absolute atomic E-state index is 15.5. The molecule has 2 aliphatic carbocycles. The summed E-state index contributed by atoms with van der Waals surface area (Å²) in [4.78, 5) is 0. The van der Waals surface area contributed by atoms with Crippen LogP contribution in [0.1, 0.15) is 121 Å². The molecule has 0 heterocycles. The van der Waals surface area contributed by atoms with Crippen LogP contribution in [0.15, 0.2) is 61.2 Å². The van der Waals surface area contributed by atoms with E-state index in [1.807, 2.05) is 0 Å². The van der Waals surface area contributed by atoms with E-state index in [4.69, 9.17) is 4.74 Å². The van der Waals surface area contributed by atoms with Gasteiger partial charge < -0.3 is 4.74 Å². The number of rotatable bonds is 15. The Kier molecular flexibility index (Phi) is 13.0. The molecular formula is C42H52F4O. The van der Waals surface area contributed by atoms with Crippen molar-refractivity contribution in [2.45, 2.75) is 116 Å². The topological polar surface area (TPSA) is 9.23 Å². The van der Waals surface area contributed by atoms with Crippen molar-refractivity contribution in [3.63, 3.8) is 0 Å². The van der Waals surface area contributed by atoms with Crippen molar-refractivity contribution < 1.29 is 22.3 Å². The Morgan fingerprint density at radius 3 is 1.74 bits per heavy atom. The highest BCUT2D eigenvalue weighted by Crippen LogP contribution is 2.45. The Bertz CT molecular complexity index is 1430. The van der Waals surface area contributed by atoms with Crippen molar-refractivity contribution in [3.8, 4) is 28.0 Å². The molecule has 0 atom stereocenters. The molecule has 254 valence electrons. The third kappa shape index (κ3) is 8.89. The van der Waals surface area contributed by atoms with Gasteiger partial charge in [-0.05, 0) is 91.0 Å². The van der Waals surface area contributed by atoms with Gasteiger partial charge in [0.25, 0.3) is 0 Å². The van der Waals surface area contributed by atoms with Crippen LogP contribution in [0.5, 0.6) is 5.75 Å². The molecule has 3 aromatic rings. The molecule has 0 spiro atoms. The lowest BCUT2D eigenvalue weighted by molar-refractivity contribution is 0.155. The molecule has 0 bridgehead atoms. The lowest BCUT2D eigenvalue weighted by atomic mass is 9.68. The standard InChI is InChI=1S/C42H52F4O/c1-3-5-6-7-8-9-10-11-29-12-14-30(15-13-29)31-16-18-32(19-17-31)35-24-25-36(40(44)39(35)43)33-20-22-34(23-21-33)37-26-27-38(47-28-4-2)42(46)41(37)45/h4,20-27,29-32H,2-3,5-19,28H2,1H3. The van der Waals surface area contributed by atoms with E-state index in [1.54, 1.807) is 36.4 Å². The molecule has 0 aromatic heterocycles. The third-order valence-electron chi connectivity index (χ3n) is 11.0. The van der Waals surface area contributed by atoms with Crippen LogP contribution in [0, 0.1) is 41.0 Å². The highest BCUT2D eigenvalue weighted by molar-refractivity contribution is 5.72. The number of hydrogen-bond acceptors (Lipinski definition) is 1. The van der Waals surface area contributed by atoms with Crippen LogP contribution in [-0.2, 0) is 0 Å². The molecule has 0 N–H and O–H groups in total. The van der Waals surface area contributed by atoms with E-state index in [9.17, 15) is 8.78 Å². The van der Waals surface area contributed by atoms with Crippen LogP contribution in [0.25, 0.3) is 22.3 Å². The summed E-state index contributed by atoms with van der Waals surface area (Å²) in [5.41, 5.74) is 1.62. The SMILES string of the molecule is C=CCOc1ccc(-c2ccc(-c3ccc(C4CCC(C5CCC(CCCCCCCCC)CC5)CC4)c(F)c3F)cc2)c(F)c1F. The number of benzene rings is 3. The molecule has 0 unspecified atom stereocenters. The zero-order valence-corrected chi connectivity index (χ0v) is 28.2. The predicted molar refractivity (Wildman–Crippen MR) is 186 cm³/mol. The quantitative estimate of drug-likeness (QED) is 0.0905. The molecule has 0 amide bonds. The van der Waals surface area contributed by atoms with Crippen molar-refractivity contribution in [3.05, 3.63) is 90.0 Å². The first kappa shape index (κ1) is 35.2. The first-order valence-electron chi connectivity index (χ1n) is 18.2. The van der Waals surface area contributed by atoms with Crippen LogP contribution < -0.4 is 4.74 Å². The lowest BCUT2D eigenvalue weighted by Crippen LogP contribution is -2.25. The molecular weight excluding hydrogens is 596 g/mol. The van der Waals surface area contributed by atoms with E-state index in [2.05, 4.69) is 13.5 Å². The Hall–Kier alpha value is -3.08. The number of halogens is 4. The molecule has 1 nitrogen and oxygen atoms in total. The summed E-state index contributed by atoms with van der Waals surface area (Å²) in [6, 6.07) is 12.6. The summed E-state index contributed by atoms with van der Waals surface area (Å²) >= 11 is 0. The van der Waals surface area contributed by atoms with Gasteiger partial charge in [0.1, 0.15) is 6.61 Å². The second-order valence-electron chi connectivity index (χ2n) is 14.0. The fourth-order valence-electron chi connectivity index (χ4n) is 8.19. The van der Waals surface area contributed by atoms with E-state index >= 15 is 8.78 Å². The summed E-state index contributed by atoms with van der Waals surface area (Å²) in [6.45, 7) is 5.84. The first-order valence-corrected chi connectivity index (χ1v) is 18.2. The molecule has 5 rings (SSSR count). The minimum absolute atomic E-state index is 0.0437. The highest BCUT2D eigenvalue weighted by Gasteiger charge is 2.32. The highest BCUT2D eigenvalue weighted by atomic mass is 19.2. The van der Waals surface area contributed by atoms with Crippen molar-refractivity contribution in [1.82, 2.24) is 0 Å². The van der Waals surface area contributed by atoms with Gasteiger partial charge in [-0.15, -0.1) is 0 Å². The molecule has 0 saturated heterocycles. The smallest absolute Gasteiger partial charge is 0.201 e. The van der Waals surface area contributed by atoms with Crippen molar-refractivity contribution >= 4 is 0 Å². The summed E-state index contributed by atoms with van der Waals surface area (Å²) in [6.07, 6.45) is 21.9. The lowest BCUT2D eigenvalue weighted by Gasteiger charge is -2.38. The second kappa shape index (κ2) is 17.4. The molecule has 0 aliphatic heterocycles. The van der Waals surface area contributed by atoms with Crippen LogP contribution in [0.3, 0.4) is 0 Å². The number of ether oxygens (including phenoxy) is 1. The van der Waals surface area contributed by atoms with Gasteiger partial charge in [-0.3, -0.25) is 0 Å². The maximum Gasteiger partial charge on any atom is 0.201 e. The first-order chi connectivity index (χ1) is 22.9. The maximum atomic E-state index is 15.5. The Morgan fingerprint density at radius 1 is 0.617 bits per heavy atom. The van der Waals surface area contributed by atoms with Gasteiger partial charge >= 0.3 is 0 Å². The molecule has 47 heavy (non-hydrogen) atoms. The van der Waals surface area contributed by atoms with E-state index in [0.29, 0.717) is 22.6 Å². The summed E-state index contributed by atoms with van der Waals surface area (Å²) in [7, 11) is 0. The number of unbranched alkanes of at least 4 members (excludes halogenated alkanes) is 6. The van der Waals surface area contributed by atoms with Gasteiger partial charge in [0.2, 0.25) is 5.82 Å². The molecule has 2 fully saturated rings. The largest absolute Gasteiger partial charge is 0.486 e. The Morgan fingerprint density at radius 2 is 1.15 bits per heavy atom. The van der Waals surface area contributed by atoms with Crippen LogP contribution in [0.4, 0.5) is 17.6 Å². The van der Waals surface area contributed by atoms with Gasteiger partial charge in [0.05, 0.1) is 0 Å². The monoisotopic (exact) mass is 648 g/mol. The van der Waals surface area contributed by atoms with E-state index < -0.39 is 23.3 Å². The summed E-state index contributed by atoms with van der Waals surface area (Å²) in [5.74, 6) is -1.44. The zero-order chi connectivity index (χ0) is 33.2. The fraction of sp³-hybridized carbons (Fsp3) is 0.524. The van der Waals surface area contributed by atoms with Gasteiger partial charge in [0.15, 0.2) is 23.2 Å². The van der Waals surface area contributed by atoms with Gasteiger partial charge in [-0.25, -0.2) is 13.2 Å². The van der Waals surface area contributed by atoms with Crippen molar-refractivity contribution in [2.75, 3.05) is 6.61 Å². The van der Waals surface area contributed by atoms with E-state index in [1.165, 1.54) is 95.3 Å². The zero-order valence-electron chi connectivity index (χ0n) is 28.2. The predicted octanol–water partition coefficient (Wildman–Crippen LogP) is 13.4. The molecule has 0 radical (unpaired) electrons. The average Bonchev–Trinajstić information content (AvgIpc) is 3.10. The van der Waals surface area contributed by atoms with Crippen molar-refractivity contribution in [1.29, 1.82) is 0 Å². The normalized spacial score (nSPS) is 21.5. The Balaban J connectivity index is 1.12. The minimum Gasteiger partial charge on any atom is -0.486 e. The van der Waals surface area contributed by atoms with E-state index in [-0.39, 0.29) is 29.4 Å². The summed E-state index contributed by atoms with van der Waals surface area (Å²) in [5, 5.41) is 0. The molecule has 2 saturated carbocycles. The molecule has 5 heteroatoms. The second-order valence-corrected chi connectivity index (χ2v) is 14.0. The molecule has 3 aromatic carbocycles. The van der Waals surface area contributed by atoms with Crippen LogP contribution >= 0.6 is 0 Å². The average molecular weight is 649 g/mol. The molecule has 2 aliphatic rings. The third-order valence-corrected chi connectivity index (χ3v) is 11.0. The Labute approximate surface area is 279 Å². The van der Waals surface area contributed by atoms with Gasteiger partial charge in [-0.1, -0.05) is 120 Å². The van der Waals surface area contributed by atoms with Gasteiger partial charge in [-0.2, -0.15) is 4.39 Å². The van der Waals surface area contributed by atoms with Crippen molar-refractivity contribution in [2.24, 2.45) is 17.8 Å². The van der Waals surface area contributed by atoms with Crippen LogP contribution in [0.2, 0.25) is 0 Å². The van der Waals surface area contributed by atoms with E-state index in [0.717, 1.165) is 37.5 Å². The fourth-order valence-corrected chi connectivity index (χ4v) is 8.19. The van der Waals surface area contributed by atoms with Gasteiger partial charge in [0, 0.05) is 11.1 Å². The number of hydrogen-bond donors (Lipinski definition) is 0. The summed E-state index contributed by atoms with van der Waals surface area (Å²) < 4.78 is 65.4.